The lowest BCUT2D eigenvalue weighted by atomic mass is 9.96. The molecular weight excluding hydrogens is 1180 g/mol. The molecule has 7 rings (SSSR count). The highest BCUT2D eigenvalue weighted by atomic mass is 127. The molecule has 0 aromatic heterocycles. The second-order valence-electron chi connectivity index (χ2n) is 20.8. The van der Waals surface area contributed by atoms with Gasteiger partial charge in [0.15, 0.2) is 6.23 Å². The number of aromatic hydroxyl groups is 1. The molecule has 0 saturated carbocycles. The van der Waals surface area contributed by atoms with Crippen molar-refractivity contribution in [2.24, 2.45) is 0 Å². The number of rotatable bonds is 14. The number of nitrogens with zero attached hydrogens (tertiary/aromatic N) is 2. The average molecular weight is 1250 g/mol. The van der Waals surface area contributed by atoms with Gasteiger partial charge in [-0.2, -0.15) is 0 Å². The van der Waals surface area contributed by atoms with Crippen LogP contribution in [0.2, 0.25) is 0 Å². The zero-order valence-electron chi connectivity index (χ0n) is 45.1. The largest absolute Gasteiger partial charge is 0.508 e. The van der Waals surface area contributed by atoms with Gasteiger partial charge in [-0.15, -0.1) is 0 Å². The minimum atomic E-state index is -2.29. The van der Waals surface area contributed by atoms with Crippen molar-refractivity contribution < 1.29 is 84.3 Å². The number of phenolic OH excluding ortho intramolecular Hbond substituents is 1. The van der Waals surface area contributed by atoms with E-state index in [-0.39, 0.29) is 23.4 Å². The summed E-state index contributed by atoms with van der Waals surface area (Å²) >= 11 is 1.74. The standard InChI is InChI=1S/C57H70IN7O17/c1-4-5-6-23-82-38-21-17-33(18-22-38)31-9-7-30(8-10-31)32-11-13-35(14-12-32)50(74)59-40-25-42(70)53(77)63-55(79)46-48(72)39(58)27-65(46)57(81)44(29(3)67)61-54(78)45(49(73)47(71)34-15-19-36(68)20-16-34)62-52(76)41-24-37(69)26-64(41)56(80)43(28(2)66)60-51(40)75/h7-22,28-29,37,39-49,53,66-73,77H,4-6,23-27H2,1-3H3,(H,59,74)(H,60,75)(H,61,78)(H,62,76)(H,63,79)/t28?,29-,37?,39?,40?,41?,42?,43?,44?,45?,46?,47?,48?,49?,53?/m0/s1. The van der Waals surface area contributed by atoms with E-state index in [1.165, 1.54) is 24.3 Å². The number of aliphatic hydroxyl groups is 8. The topological polar surface area (TPSA) is 377 Å². The Morgan fingerprint density at radius 2 is 1.17 bits per heavy atom. The van der Waals surface area contributed by atoms with E-state index in [9.17, 15) is 79.5 Å². The quantitative estimate of drug-likeness (QED) is 0.0419. The van der Waals surface area contributed by atoms with Crippen LogP contribution in [0.3, 0.4) is 0 Å². The van der Waals surface area contributed by atoms with Crippen molar-refractivity contribution >= 4 is 63.9 Å². The lowest BCUT2D eigenvalue weighted by Gasteiger charge is -2.34. The van der Waals surface area contributed by atoms with Crippen LogP contribution in [0.5, 0.6) is 11.5 Å². The van der Waals surface area contributed by atoms with E-state index in [1.54, 1.807) is 34.7 Å². The van der Waals surface area contributed by atoms with Crippen molar-refractivity contribution in [3.05, 3.63) is 108 Å². The first kappa shape index (κ1) is 62.8. The fourth-order valence-corrected chi connectivity index (χ4v) is 10.8. The van der Waals surface area contributed by atoms with Gasteiger partial charge in [0, 0.05) is 31.5 Å². The molecule has 3 heterocycles. The smallest absolute Gasteiger partial charge is 0.251 e. The van der Waals surface area contributed by atoms with Crippen molar-refractivity contribution in [1.82, 2.24) is 36.4 Å². The minimum absolute atomic E-state index is 0.00902. The number of amides is 7. The van der Waals surface area contributed by atoms with Crippen molar-refractivity contribution in [2.45, 2.75) is 142 Å². The summed E-state index contributed by atoms with van der Waals surface area (Å²) in [6.07, 6.45) is -13.6. The highest BCUT2D eigenvalue weighted by Crippen LogP contribution is 2.30. The van der Waals surface area contributed by atoms with Gasteiger partial charge in [0.05, 0.1) is 34.9 Å². The number of carbonyl (C=O) groups is 7. The van der Waals surface area contributed by atoms with Gasteiger partial charge in [-0.25, -0.2) is 0 Å². The molecule has 4 aromatic carbocycles. The van der Waals surface area contributed by atoms with Gasteiger partial charge in [0.1, 0.15) is 66.1 Å². The number of hydrogen-bond donors (Lipinski definition) is 14. The number of carbonyl (C=O) groups excluding carboxylic acids is 7. The summed E-state index contributed by atoms with van der Waals surface area (Å²) < 4.78 is 4.96. The molecule has 14 unspecified atom stereocenters. The van der Waals surface area contributed by atoms with Crippen LogP contribution in [-0.4, -0.2) is 200 Å². The van der Waals surface area contributed by atoms with Crippen molar-refractivity contribution in [3.63, 3.8) is 0 Å². The summed E-state index contributed by atoms with van der Waals surface area (Å²) in [5.41, 5.74) is 3.37. The van der Waals surface area contributed by atoms with Crippen molar-refractivity contribution in [2.75, 3.05) is 19.7 Å². The predicted octanol–water partition coefficient (Wildman–Crippen LogP) is -0.760. The molecule has 4 aromatic rings. The number of hydrogen-bond acceptors (Lipinski definition) is 17. The van der Waals surface area contributed by atoms with Crippen LogP contribution >= 0.6 is 22.6 Å². The van der Waals surface area contributed by atoms with Crippen LogP contribution in [0.15, 0.2) is 97.1 Å². The molecule has 0 radical (unpaired) electrons. The van der Waals surface area contributed by atoms with Crippen LogP contribution in [0, 0.1) is 0 Å². The zero-order chi connectivity index (χ0) is 59.7. The van der Waals surface area contributed by atoms with E-state index in [0.29, 0.717) is 12.2 Å². The van der Waals surface area contributed by atoms with Crippen LogP contribution in [0.4, 0.5) is 0 Å². The zero-order valence-corrected chi connectivity index (χ0v) is 47.3. The highest BCUT2D eigenvalue weighted by molar-refractivity contribution is 14.1. The Kier molecular flexibility index (Phi) is 21.4. The van der Waals surface area contributed by atoms with Crippen LogP contribution in [0.25, 0.3) is 22.3 Å². The summed E-state index contributed by atoms with van der Waals surface area (Å²) in [6, 6.07) is 14.7. The molecule has 25 heteroatoms. The fourth-order valence-electron chi connectivity index (χ4n) is 9.98. The number of fused-ring (bicyclic) bond motifs is 2. The molecule has 3 fully saturated rings. The van der Waals surface area contributed by atoms with Gasteiger partial charge in [0.25, 0.3) is 5.91 Å². The van der Waals surface area contributed by atoms with Crippen molar-refractivity contribution in [3.8, 4) is 33.8 Å². The Labute approximate surface area is 486 Å². The monoisotopic (exact) mass is 1250 g/mol. The van der Waals surface area contributed by atoms with Gasteiger partial charge < -0.3 is 87.1 Å². The molecule has 0 spiro atoms. The maximum atomic E-state index is 14.5. The molecule has 24 nitrogen and oxygen atoms in total. The summed E-state index contributed by atoms with van der Waals surface area (Å²) in [4.78, 5) is 102. The Bertz CT molecular complexity index is 2880. The van der Waals surface area contributed by atoms with E-state index >= 15 is 0 Å². The van der Waals surface area contributed by atoms with Crippen molar-refractivity contribution in [1.29, 1.82) is 0 Å². The molecule has 3 saturated heterocycles. The number of nitrogens with one attached hydrogen (secondary N) is 5. The third-order valence-corrected chi connectivity index (χ3v) is 15.8. The minimum Gasteiger partial charge on any atom is -0.508 e. The maximum absolute atomic E-state index is 14.5. The predicted molar refractivity (Wildman–Crippen MR) is 302 cm³/mol. The number of phenols is 1. The average Bonchev–Trinajstić information content (AvgIpc) is 4.06. The van der Waals surface area contributed by atoms with Gasteiger partial charge in [-0.3, -0.25) is 33.6 Å². The van der Waals surface area contributed by atoms with Gasteiger partial charge in [-0.1, -0.05) is 103 Å². The highest BCUT2D eigenvalue weighted by Gasteiger charge is 2.51. The third-order valence-electron chi connectivity index (χ3n) is 14.7. The van der Waals surface area contributed by atoms with E-state index < -0.39 is 150 Å². The molecule has 0 bridgehead atoms. The second kappa shape index (κ2) is 28.0. The summed E-state index contributed by atoms with van der Waals surface area (Å²) in [5, 5.41) is 111. The first-order valence-corrected chi connectivity index (χ1v) is 28.2. The molecule has 442 valence electrons. The first-order chi connectivity index (χ1) is 39.0. The summed E-state index contributed by atoms with van der Waals surface area (Å²) in [7, 11) is 0. The number of ether oxygens (including phenoxy) is 1. The van der Waals surface area contributed by atoms with E-state index in [4.69, 9.17) is 4.74 Å². The molecule has 15 atom stereocenters. The normalized spacial score (nSPS) is 27.5. The van der Waals surface area contributed by atoms with Gasteiger partial charge in [-0.05, 0) is 84.5 Å². The van der Waals surface area contributed by atoms with Gasteiger partial charge in [0.2, 0.25) is 35.4 Å². The molecule has 82 heavy (non-hydrogen) atoms. The van der Waals surface area contributed by atoms with E-state index in [1.807, 2.05) is 48.5 Å². The molecular formula is C57H70IN7O17. The Balaban J connectivity index is 1.18. The van der Waals surface area contributed by atoms with Crippen LogP contribution in [0.1, 0.15) is 74.9 Å². The second-order valence-corrected chi connectivity index (χ2v) is 22.4. The number of unbranched alkanes of at least 4 members (excludes halogenated alkanes) is 2. The number of alkyl halides is 1. The Hall–Kier alpha value is -6.82. The number of halogens is 1. The Morgan fingerprint density at radius 1 is 0.646 bits per heavy atom. The molecule has 3 aliphatic heterocycles. The number of aliphatic hydroxyl groups excluding tert-OH is 8. The van der Waals surface area contributed by atoms with E-state index in [0.717, 1.165) is 77.5 Å². The van der Waals surface area contributed by atoms with E-state index in [2.05, 4.69) is 33.5 Å². The maximum Gasteiger partial charge on any atom is 0.251 e. The summed E-state index contributed by atoms with van der Waals surface area (Å²) in [5.74, 6) is -7.84. The lowest BCUT2D eigenvalue weighted by molar-refractivity contribution is -0.148. The SMILES string of the molecule is CCCCCOc1ccc(-c2ccc(-c3ccc(C(=O)NC4CC(O)C(O)NC(=O)C5C(O)C(I)CN5C(=O)C([C@H](C)O)NC(=O)C(C(O)C(O)c5ccc(O)cc5)NC(=O)C5CC(O)CN5C(=O)C(C(C)O)NC4=O)cc3)cc2)cc1. The first-order valence-electron chi connectivity index (χ1n) is 26.9. The molecule has 0 aliphatic carbocycles. The Morgan fingerprint density at radius 3 is 1.73 bits per heavy atom. The molecule has 14 N–H and O–H groups in total. The fraction of sp³-hybridized carbons (Fsp3) is 0.456. The lowest BCUT2D eigenvalue weighted by Crippen LogP contribution is -2.64. The number of benzene rings is 4. The van der Waals surface area contributed by atoms with Crippen LogP contribution < -0.4 is 31.3 Å². The molecule has 3 aliphatic rings. The summed E-state index contributed by atoms with van der Waals surface area (Å²) in [6.45, 7) is 3.98. The molecule has 7 amide bonds. The third kappa shape index (κ3) is 15.0. The van der Waals surface area contributed by atoms with Crippen LogP contribution in [-0.2, 0) is 28.8 Å². The van der Waals surface area contributed by atoms with Gasteiger partial charge >= 0.3 is 0 Å².